The molecule has 3 aromatic rings. The molecule has 1 heterocycles. The number of ketones is 1. The molecule has 0 saturated heterocycles. The van der Waals surface area contributed by atoms with Crippen molar-refractivity contribution in [2.45, 2.75) is 26.2 Å². The Morgan fingerprint density at radius 1 is 1.19 bits per heavy atom. The number of aryl methyl sites for hydroxylation is 1. The van der Waals surface area contributed by atoms with Crippen LogP contribution in [0, 0.1) is 18.7 Å². The molecule has 2 nitrogen and oxygen atoms in total. The van der Waals surface area contributed by atoms with Crippen molar-refractivity contribution in [3.63, 3.8) is 0 Å². The van der Waals surface area contributed by atoms with Gasteiger partial charge in [-0.15, -0.1) is 0 Å². The molecule has 3 rings (SSSR count). The molecule has 27 heavy (non-hydrogen) atoms. The van der Waals surface area contributed by atoms with Crippen LogP contribution in [0.4, 0.5) is 4.39 Å². The SMILES string of the molecule is C=C(Cl)CC(Cc1ccccc1)C(=O)Cc1cnc2c(F)cccc2c1C. The summed E-state index contributed by atoms with van der Waals surface area (Å²) in [4.78, 5) is 17.2. The first-order valence-corrected chi connectivity index (χ1v) is 9.26. The Hall–Kier alpha value is -2.52. The van der Waals surface area contributed by atoms with Gasteiger partial charge in [-0.3, -0.25) is 9.78 Å². The van der Waals surface area contributed by atoms with Crippen molar-refractivity contribution in [3.8, 4) is 0 Å². The minimum absolute atomic E-state index is 0.0845. The monoisotopic (exact) mass is 381 g/mol. The van der Waals surface area contributed by atoms with Crippen LogP contribution in [0.3, 0.4) is 0 Å². The van der Waals surface area contributed by atoms with Gasteiger partial charge in [-0.05, 0) is 42.5 Å². The van der Waals surface area contributed by atoms with E-state index in [1.165, 1.54) is 6.07 Å². The van der Waals surface area contributed by atoms with Gasteiger partial charge >= 0.3 is 0 Å². The largest absolute Gasteiger partial charge is 0.299 e. The van der Waals surface area contributed by atoms with Crippen LogP contribution in [0.25, 0.3) is 10.9 Å². The van der Waals surface area contributed by atoms with Crippen molar-refractivity contribution in [3.05, 3.63) is 88.8 Å². The van der Waals surface area contributed by atoms with E-state index in [2.05, 4.69) is 11.6 Å². The fourth-order valence-electron chi connectivity index (χ4n) is 3.34. The van der Waals surface area contributed by atoms with E-state index in [0.717, 1.165) is 22.1 Å². The standard InChI is InChI=1S/C23H21ClFNO/c1-15(24)11-18(12-17-7-4-3-5-8-17)22(27)13-19-14-26-23-20(16(19)2)9-6-10-21(23)25/h3-10,14,18H,1,11-13H2,2H3. The predicted octanol–water partition coefficient (Wildman–Crippen LogP) is 5.80. The number of hydrogen-bond acceptors (Lipinski definition) is 2. The van der Waals surface area contributed by atoms with E-state index < -0.39 is 0 Å². The quantitative estimate of drug-likeness (QED) is 0.518. The topological polar surface area (TPSA) is 30.0 Å². The number of nitrogens with zero attached hydrogens (tertiary/aromatic N) is 1. The van der Waals surface area contributed by atoms with Crippen molar-refractivity contribution >= 4 is 28.3 Å². The van der Waals surface area contributed by atoms with Crippen molar-refractivity contribution in [1.82, 2.24) is 4.98 Å². The number of fused-ring (bicyclic) bond motifs is 1. The fraction of sp³-hybridized carbons (Fsp3) is 0.217. The molecule has 0 aliphatic rings. The van der Waals surface area contributed by atoms with Crippen LogP contribution in [0.5, 0.6) is 0 Å². The maximum absolute atomic E-state index is 13.9. The number of benzene rings is 2. The minimum atomic E-state index is -0.353. The van der Waals surface area contributed by atoms with E-state index in [0.29, 0.717) is 23.4 Å². The number of rotatable bonds is 7. The Morgan fingerprint density at radius 2 is 1.93 bits per heavy atom. The van der Waals surface area contributed by atoms with Crippen LogP contribution in [0.1, 0.15) is 23.1 Å². The van der Waals surface area contributed by atoms with Gasteiger partial charge in [-0.1, -0.05) is 60.6 Å². The Morgan fingerprint density at radius 3 is 2.63 bits per heavy atom. The van der Waals surface area contributed by atoms with Crippen LogP contribution >= 0.6 is 11.6 Å². The van der Waals surface area contributed by atoms with Gasteiger partial charge in [0.1, 0.15) is 17.1 Å². The fourth-order valence-corrected chi connectivity index (χ4v) is 3.52. The maximum Gasteiger partial charge on any atom is 0.149 e. The lowest BCUT2D eigenvalue weighted by Crippen LogP contribution is -2.20. The third kappa shape index (κ3) is 4.61. The zero-order valence-corrected chi connectivity index (χ0v) is 16.0. The number of aromatic nitrogens is 1. The molecule has 1 atom stereocenters. The normalized spacial score (nSPS) is 12.1. The molecule has 0 N–H and O–H groups in total. The lowest BCUT2D eigenvalue weighted by molar-refractivity contribution is -0.122. The summed E-state index contributed by atoms with van der Waals surface area (Å²) in [7, 11) is 0. The smallest absolute Gasteiger partial charge is 0.149 e. The molecule has 4 heteroatoms. The molecule has 0 saturated carbocycles. The predicted molar refractivity (Wildman–Crippen MR) is 108 cm³/mol. The van der Waals surface area contributed by atoms with E-state index in [1.54, 1.807) is 12.3 Å². The molecule has 1 aromatic heterocycles. The van der Waals surface area contributed by atoms with Crippen molar-refractivity contribution < 1.29 is 9.18 Å². The van der Waals surface area contributed by atoms with Gasteiger partial charge in [0, 0.05) is 29.0 Å². The van der Waals surface area contributed by atoms with Gasteiger partial charge in [0.2, 0.25) is 0 Å². The second-order valence-corrected chi connectivity index (χ2v) is 7.33. The summed E-state index contributed by atoms with van der Waals surface area (Å²) < 4.78 is 13.9. The highest BCUT2D eigenvalue weighted by atomic mass is 35.5. The molecule has 0 spiro atoms. The zero-order chi connectivity index (χ0) is 19.4. The van der Waals surface area contributed by atoms with Crippen molar-refractivity contribution in [2.24, 2.45) is 5.92 Å². The van der Waals surface area contributed by atoms with E-state index in [-0.39, 0.29) is 23.9 Å². The molecule has 138 valence electrons. The Labute approximate surface area is 163 Å². The number of pyridine rings is 1. The van der Waals surface area contributed by atoms with Crippen LogP contribution in [-0.2, 0) is 17.6 Å². The van der Waals surface area contributed by atoms with Gasteiger partial charge in [0.05, 0.1) is 0 Å². The maximum atomic E-state index is 13.9. The van der Waals surface area contributed by atoms with Gasteiger partial charge in [-0.25, -0.2) is 4.39 Å². The molecule has 1 unspecified atom stereocenters. The number of Topliss-reactive ketones (excluding diaryl/α,β-unsaturated/α-hetero) is 1. The molecule has 0 aliphatic heterocycles. The number of hydrogen-bond donors (Lipinski definition) is 0. The molecule has 0 radical (unpaired) electrons. The van der Waals surface area contributed by atoms with Gasteiger partial charge in [-0.2, -0.15) is 0 Å². The molecular weight excluding hydrogens is 361 g/mol. The highest BCUT2D eigenvalue weighted by molar-refractivity contribution is 6.29. The van der Waals surface area contributed by atoms with Gasteiger partial charge < -0.3 is 0 Å². The van der Waals surface area contributed by atoms with Crippen molar-refractivity contribution in [2.75, 3.05) is 0 Å². The first-order chi connectivity index (χ1) is 13.0. The van der Waals surface area contributed by atoms with Gasteiger partial charge in [0.15, 0.2) is 0 Å². The molecule has 0 aliphatic carbocycles. The molecule has 2 aromatic carbocycles. The minimum Gasteiger partial charge on any atom is -0.299 e. The average molecular weight is 382 g/mol. The first-order valence-electron chi connectivity index (χ1n) is 8.88. The van der Waals surface area contributed by atoms with Crippen LogP contribution < -0.4 is 0 Å². The van der Waals surface area contributed by atoms with E-state index in [1.807, 2.05) is 43.3 Å². The zero-order valence-electron chi connectivity index (χ0n) is 15.2. The number of carbonyl (C=O) groups is 1. The number of allylic oxidation sites excluding steroid dienone is 1. The van der Waals surface area contributed by atoms with Gasteiger partial charge in [0.25, 0.3) is 0 Å². The number of halogens is 2. The molecular formula is C23H21ClFNO. The Kier molecular flexibility index (Phi) is 6.02. The summed E-state index contributed by atoms with van der Waals surface area (Å²) in [5, 5.41) is 1.21. The van der Waals surface area contributed by atoms with Crippen molar-refractivity contribution in [1.29, 1.82) is 0 Å². The van der Waals surface area contributed by atoms with E-state index in [9.17, 15) is 9.18 Å². The van der Waals surface area contributed by atoms with E-state index in [4.69, 9.17) is 11.6 Å². The summed E-state index contributed by atoms with van der Waals surface area (Å²) >= 11 is 6.01. The molecule has 0 fully saturated rings. The highest BCUT2D eigenvalue weighted by Crippen LogP contribution is 2.25. The molecule has 0 amide bonds. The van der Waals surface area contributed by atoms with E-state index >= 15 is 0 Å². The van der Waals surface area contributed by atoms with Crippen LogP contribution in [-0.4, -0.2) is 10.8 Å². The molecule has 0 bridgehead atoms. The Bertz CT molecular complexity index is 984. The second-order valence-electron chi connectivity index (χ2n) is 6.80. The third-order valence-electron chi connectivity index (χ3n) is 4.83. The Balaban J connectivity index is 1.85. The number of carbonyl (C=O) groups excluding carboxylic acids is 1. The average Bonchev–Trinajstić information content (AvgIpc) is 2.64. The highest BCUT2D eigenvalue weighted by Gasteiger charge is 2.21. The second kappa shape index (κ2) is 8.45. The lowest BCUT2D eigenvalue weighted by Gasteiger charge is -2.17. The van der Waals surface area contributed by atoms with Crippen LogP contribution in [0.2, 0.25) is 0 Å². The van der Waals surface area contributed by atoms with Crippen LogP contribution in [0.15, 0.2) is 66.3 Å². The summed E-state index contributed by atoms with van der Waals surface area (Å²) in [5.74, 6) is -0.518. The summed E-state index contributed by atoms with van der Waals surface area (Å²) in [6.45, 7) is 5.65. The first kappa shape index (κ1) is 19.2. The summed E-state index contributed by atoms with van der Waals surface area (Å²) in [5.41, 5.74) is 3.12. The third-order valence-corrected chi connectivity index (χ3v) is 4.99. The lowest BCUT2D eigenvalue weighted by atomic mass is 9.88. The number of para-hydroxylation sites is 1. The summed E-state index contributed by atoms with van der Waals surface area (Å²) in [6.07, 6.45) is 2.89. The summed E-state index contributed by atoms with van der Waals surface area (Å²) in [6, 6.07) is 14.7.